The maximum absolute atomic E-state index is 13.1. The normalized spacial score (nSPS) is 13.5. The number of H-pyrrole nitrogens is 1. The van der Waals surface area contributed by atoms with Crippen LogP contribution in [0.1, 0.15) is 18.5 Å². The summed E-state index contributed by atoms with van der Waals surface area (Å²) in [7, 11) is 0. The van der Waals surface area contributed by atoms with Gasteiger partial charge < -0.3 is 5.73 Å². The molecule has 0 bridgehead atoms. The van der Waals surface area contributed by atoms with Crippen molar-refractivity contribution < 1.29 is 13.2 Å². The minimum atomic E-state index is -4.43. The van der Waals surface area contributed by atoms with E-state index in [1.165, 1.54) is 24.8 Å². The van der Waals surface area contributed by atoms with Gasteiger partial charge in [-0.05, 0) is 6.92 Å². The number of aromatic nitrogens is 5. The molecule has 3 N–H and O–H groups in total. The number of hydrogen-bond donors (Lipinski definition) is 2. The summed E-state index contributed by atoms with van der Waals surface area (Å²) >= 11 is 0. The van der Waals surface area contributed by atoms with Crippen LogP contribution in [0.15, 0.2) is 24.8 Å². The van der Waals surface area contributed by atoms with Gasteiger partial charge in [-0.2, -0.15) is 18.3 Å². The maximum Gasteiger partial charge on any atom is 0.397 e. The van der Waals surface area contributed by atoms with E-state index in [4.69, 9.17) is 5.73 Å². The lowest BCUT2D eigenvalue weighted by molar-refractivity contribution is -0.146. The third kappa shape index (κ3) is 2.24. The van der Waals surface area contributed by atoms with E-state index < -0.39 is 12.1 Å². The van der Waals surface area contributed by atoms with Crippen molar-refractivity contribution in [3.8, 4) is 11.3 Å². The number of nitrogens with two attached hydrogens (primary N) is 1. The molecule has 3 rings (SSSR count). The molecule has 0 radical (unpaired) electrons. The highest BCUT2D eigenvalue weighted by molar-refractivity contribution is 5.98. The van der Waals surface area contributed by atoms with E-state index in [1.54, 1.807) is 0 Å². The Morgan fingerprint density at radius 1 is 1.18 bits per heavy atom. The van der Waals surface area contributed by atoms with Crippen molar-refractivity contribution in [3.63, 3.8) is 0 Å². The molecule has 0 aliphatic carbocycles. The smallest absolute Gasteiger partial charge is 0.382 e. The molecule has 1 atom stereocenters. The molecule has 3 aromatic rings. The van der Waals surface area contributed by atoms with Crippen LogP contribution >= 0.6 is 0 Å². The molecule has 0 aromatic carbocycles. The van der Waals surface area contributed by atoms with Gasteiger partial charge in [-0.15, -0.1) is 0 Å². The molecule has 3 heterocycles. The highest BCUT2D eigenvalue weighted by atomic mass is 19.4. The number of pyridine rings is 1. The van der Waals surface area contributed by atoms with E-state index in [-0.39, 0.29) is 22.8 Å². The molecule has 114 valence electrons. The van der Waals surface area contributed by atoms with Crippen molar-refractivity contribution >= 4 is 16.7 Å². The van der Waals surface area contributed by atoms with Crippen LogP contribution in [-0.4, -0.2) is 31.3 Å². The van der Waals surface area contributed by atoms with E-state index >= 15 is 0 Å². The lowest BCUT2D eigenvalue weighted by atomic mass is 9.97. The quantitative estimate of drug-likeness (QED) is 0.759. The second-order valence-electron chi connectivity index (χ2n) is 4.77. The Bertz CT molecular complexity index is 812. The Labute approximate surface area is 122 Å². The Kier molecular flexibility index (Phi) is 3.19. The number of nitrogens with zero attached hydrogens (tertiary/aromatic N) is 4. The van der Waals surface area contributed by atoms with Gasteiger partial charge in [0.1, 0.15) is 0 Å². The first-order valence-electron chi connectivity index (χ1n) is 6.35. The van der Waals surface area contributed by atoms with Crippen molar-refractivity contribution in [1.29, 1.82) is 0 Å². The molecule has 0 saturated carbocycles. The molecule has 0 spiro atoms. The van der Waals surface area contributed by atoms with Crippen LogP contribution in [0.2, 0.25) is 0 Å². The highest BCUT2D eigenvalue weighted by Crippen LogP contribution is 2.40. The SMILES string of the molecule is CC(c1ncc2c(N)n[nH]c2c1-c1cnccn1)C(F)(F)F. The molecule has 1 unspecified atom stereocenters. The van der Waals surface area contributed by atoms with Crippen LogP contribution in [0.5, 0.6) is 0 Å². The summed E-state index contributed by atoms with van der Waals surface area (Å²) in [4.78, 5) is 11.9. The Hall–Kier alpha value is -2.71. The van der Waals surface area contributed by atoms with Gasteiger partial charge in [0, 0.05) is 24.2 Å². The molecule has 6 nitrogen and oxygen atoms in total. The number of anilines is 1. The minimum Gasteiger partial charge on any atom is -0.382 e. The summed E-state index contributed by atoms with van der Waals surface area (Å²) in [6.07, 6.45) is 1.07. The van der Waals surface area contributed by atoms with E-state index in [0.29, 0.717) is 10.9 Å². The maximum atomic E-state index is 13.1. The number of halogens is 3. The lowest BCUT2D eigenvalue weighted by Crippen LogP contribution is -2.20. The van der Waals surface area contributed by atoms with Crippen molar-refractivity contribution in [3.05, 3.63) is 30.5 Å². The van der Waals surface area contributed by atoms with Gasteiger partial charge in [0.15, 0.2) is 5.82 Å². The molecular weight excluding hydrogens is 297 g/mol. The molecule has 0 aliphatic heterocycles. The topological polar surface area (TPSA) is 93.4 Å². The number of rotatable bonds is 2. The van der Waals surface area contributed by atoms with Gasteiger partial charge >= 0.3 is 6.18 Å². The standard InChI is InChI=1S/C13H11F3N6/c1-6(13(14,15)16)10-9(8-5-18-2-3-19-8)11-7(4-20-10)12(17)22-21-11/h2-6H,1H3,(H3,17,21,22). The molecular formula is C13H11F3N6. The van der Waals surface area contributed by atoms with E-state index in [9.17, 15) is 13.2 Å². The predicted molar refractivity (Wildman–Crippen MR) is 73.8 cm³/mol. The molecule has 0 saturated heterocycles. The zero-order valence-electron chi connectivity index (χ0n) is 11.4. The van der Waals surface area contributed by atoms with Crippen LogP contribution in [0.25, 0.3) is 22.2 Å². The molecule has 0 aliphatic rings. The number of alkyl halides is 3. The molecule has 0 amide bonds. The first-order valence-corrected chi connectivity index (χ1v) is 6.35. The highest BCUT2D eigenvalue weighted by Gasteiger charge is 2.40. The predicted octanol–water partition coefficient (Wildman–Crippen LogP) is 2.66. The molecule has 3 aromatic heterocycles. The van der Waals surface area contributed by atoms with Crippen LogP contribution in [-0.2, 0) is 0 Å². The van der Waals surface area contributed by atoms with Crippen molar-refractivity contribution in [2.24, 2.45) is 0 Å². The fraction of sp³-hybridized carbons (Fsp3) is 0.231. The molecule has 9 heteroatoms. The second-order valence-corrected chi connectivity index (χ2v) is 4.77. The number of nitrogens with one attached hydrogen (secondary N) is 1. The minimum absolute atomic E-state index is 0.149. The fourth-order valence-corrected chi connectivity index (χ4v) is 2.18. The number of hydrogen-bond acceptors (Lipinski definition) is 5. The third-order valence-corrected chi connectivity index (χ3v) is 3.39. The van der Waals surface area contributed by atoms with Gasteiger partial charge in [-0.3, -0.25) is 20.1 Å². The van der Waals surface area contributed by atoms with Gasteiger partial charge in [0.2, 0.25) is 0 Å². The average Bonchev–Trinajstić information content (AvgIpc) is 2.87. The van der Waals surface area contributed by atoms with Crippen molar-refractivity contribution in [1.82, 2.24) is 25.1 Å². The summed E-state index contributed by atoms with van der Waals surface area (Å²) < 4.78 is 39.3. The van der Waals surface area contributed by atoms with E-state index in [1.807, 2.05) is 0 Å². The second kappa shape index (κ2) is 4.93. The molecule has 22 heavy (non-hydrogen) atoms. The average molecular weight is 308 g/mol. The Morgan fingerprint density at radius 3 is 2.59 bits per heavy atom. The van der Waals surface area contributed by atoms with Gasteiger partial charge in [-0.1, -0.05) is 0 Å². The Morgan fingerprint density at radius 2 is 1.95 bits per heavy atom. The van der Waals surface area contributed by atoms with Crippen molar-refractivity contribution in [2.75, 3.05) is 5.73 Å². The number of nitrogen functional groups attached to an aromatic ring is 1. The van der Waals surface area contributed by atoms with Crippen LogP contribution < -0.4 is 5.73 Å². The zero-order chi connectivity index (χ0) is 15.9. The fourth-order valence-electron chi connectivity index (χ4n) is 2.18. The first-order chi connectivity index (χ1) is 10.4. The summed E-state index contributed by atoms with van der Waals surface area (Å²) in [6, 6.07) is 0. The van der Waals surface area contributed by atoms with Crippen molar-refractivity contribution in [2.45, 2.75) is 19.0 Å². The summed E-state index contributed by atoms with van der Waals surface area (Å²) in [6.45, 7) is 1.05. The van der Waals surface area contributed by atoms with E-state index in [2.05, 4.69) is 25.1 Å². The summed E-state index contributed by atoms with van der Waals surface area (Å²) in [5.41, 5.74) is 6.39. The van der Waals surface area contributed by atoms with Gasteiger partial charge in [0.25, 0.3) is 0 Å². The summed E-state index contributed by atoms with van der Waals surface area (Å²) in [5, 5.41) is 6.92. The third-order valence-electron chi connectivity index (χ3n) is 3.39. The van der Waals surface area contributed by atoms with Crippen LogP contribution in [0, 0.1) is 0 Å². The number of aromatic amines is 1. The monoisotopic (exact) mass is 308 g/mol. The Balaban J connectivity index is 2.33. The van der Waals surface area contributed by atoms with Gasteiger partial charge in [0.05, 0.1) is 34.4 Å². The van der Waals surface area contributed by atoms with Gasteiger partial charge in [-0.25, -0.2) is 0 Å². The van der Waals surface area contributed by atoms with Crippen LogP contribution in [0.3, 0.4) is 0 Å². The van der Waals surface area contributed by atoms with E-state index in [0.717, 1.165) is 6.92 Å². The first kappa shape index (κ1) is 14.2. The molecule has 0 fully saturated rings. The largest absolute Gasteiger partial charge is 0.397 e. The van der Waals surface area contributed by atoms with Crippen LogP contribution in [0.4, 0.5) is 19.0 Å². The number of fused-ring (bicyclic) bond motifs is 1. The summed E-state index contributed by atoms with van der Waals surface area (Å²) in [5.74, 6) is -1.60. The lowest BCUT2D eigenvalue weighted by Gasteiger charge is -2.18. The zero-order valence-corrected chi connectivity index (χ0v) is 11.4.